The Hall–Kier alpha value is -1.05. The quantitative estimate of drug-likeness (QED) is 0.532. The Bertz CT molecular complexity index is 236. The van der Waals surface area contributed by atoms with Crippen molar-refractivity contribution in [3.63, 3.8) is 0 Å². The summed E-state index contributed by atoms with van der Waals surface area (Å²) in [6.45, 7) is 2.07. The van der Waals surface area contributed by atoms with Gasteiger partial charge < -0.3 is 0 Å². The molecule has 1 atom stereocenters. The molecule has 0 aromatic heterocycles. The van der Waals surface area contributed by atoms with Crippen LogP contribution in [0.2, 0.25) is 0 Å². The van der Waals surface area contributed by atoms with Crippen molar-refractivity contribution in [1.29, 1.82) is 0 Å². The average Bonchev–Trinajstić information content (AvgIpc) is 2.34. The molecule has 10 heavy (non-hydrogen) atoms. The third-order valence-corrected chi connectivity index (χ3v) is 2.02. The van der Waals surface area contributed by atoms with E-state index in [0.717, 1.165) is 6.42 Å². The maximum atomic E-state index is 4.14. The Labute approximate surface area is 60.3 Å². The second kappa shape index (κ2) is 1.97. The predicted molar refractivity (Wildman–Crippen MR) is 41.6 cm³/mol. The van der Waals surface area contributed by atoms with Gasteiger partial charge in [0.15, 0.2) is 0 Å². The van der Waals surface area contributed by atoms with Crippen molar-refractivity contribution in [2.24, 2.45) is 11.0 Å². The average molecular weight is 134 g/mol. The second-order valence-electron chi connectivity index (χ2n) is 2.70. The largest absolute Gasteiger partial charge is 0.282 e. The van der Waals surface area contributed by atoms with E-state index in [9.17, 15) is 0 Å². The fourth-order valence-electron chi connectivity index (χ4n) is 1.37. The summed E-state index contributed by atoms with van der Waals surface area (Å²) in [6, 6.07) is 0. The summed E-state index contributed by atoms with van der Waals surface area (Å²) < 4.78 is 0. The molecule has 0 saturated heterocycles. The number of hydrogen-bond acceptors (Lipinski definition) is 2. The molecule has 0 saturated carbocycles. The van der Waals surface area contributed by atoms with E-state index in [0.29, 0.717) is 5.92 Å². The minimum Gasteiger partial charge on any atom is -0.282 e. The molecular weight excluding hydrogens is 124 g/mol. The third-order valence-electron chi connectivity index (χ3n) is 2.02. The molecule has 1 aliphatic carbocycles. The molecule has 0 fully saturated rings. The smallest absolute Gasteiger partial charge is 0.0444 e. The van der Waals surface area contributed by atoms with Crippen molar-refractivity contribution >= 4 is 5.71 Å². The van der Waals surface area contributed by atoms with Crippen LogP contribution in [0.1, 0.15) is 13.3 Å². The molecular formula is C8H10N2. The lowest BCUT2D eigenvalue weighted by molar-refractivity contribution is 0.766. The van der Waals surface area contributed by atoms with E-state index in [2.05, 4.69) is 35.7 Å². The molecule has 1 heterocycles. The molecule has 0 spiro atoms. The Morgan fingerprint density at radius 1 is 1.70 bits per heavy atom. The van der Waals surface area contributed by atoms with E-state index in [4.69, 9.17) is 0 Å². The summed E-state index contributed by atoms with van der Waals surface area (Å²) in [7, 11) is 0. The van der Waals surface area contributed by atoms with Crippen LogP contribution in [0.5, 0.6) is 0 Å². The summed E-state index contributed by atoms with van der Waals surface area (Å²) in [5.74, 6) is 0.546. The first-order chi connectivity index (χ1) is 4.88. The van der Waals surface area contributed by atoms with Crippen molar-refractivity contribution in [1.82, 2.24) is 5.43 Å². The van der Waals surface area contributed by atoms with Crippen molar-refractivity contribution in [3.8, 4) is 0 Å². The van der Waals surface area contributed by atoms with Gasteiger partial charge in [0.05, 0.1) is 0 Å². The second-order valence-corrected chi connectivity index (χ2v) is 2.70. The van der Waals surface area contributed by atoms with E-state index < -0.39 is 0 Å². The normalized spacial score (nSPS) is 28.7. The van der Waals surface area contributed by atoms with Crippen LogP contribution in [0.3, 0.4) is 0 Å². The highest BCUT2D eigenvalue weighted by molar-refractivity contribution is 5.89. The highest BCUT2D eigenvalue weighted by Gasteiger charge is 2.22. The molecule has 2 aliphatic rings. The third kappa shape index (κ3) is 0.685. The standard InChI is InChI=1S/C8H10N2/c1-6-7-4-2-3-5-8(7)10-9-6/h2-3,5,7,10H,4H2,1H3. The van der Waals surface area contributed by atoms with Gasteiger partial charge in [-0.25, -0.2) is 0 Å². The van der Waals surface area contributed by atoms with Crippen LogP contribution in [-0.4, -0.2) is 5.71 Å². The number of fused-ring (bicyclic) bond motifs is 1. The van der Waals surface area contributed by atoms with Crippen molar-refractivity contribution in [3.05, 3.63) is 23.9 Å². The molecule has 0 bridgehead atoms. The summed E-state index contributed by atoms with van der Waals surface area (Å²) in [5, 5.41) is 4.14. The molecule has 0 radical (unpaired) electrons. The number of hydrogen-bond donors (Lipinski definition) is 1. The minimum atomic E-state index is 0.546. The van der Waals surface area contributed by atoms with Crippen molar-refractivity contribution in [2.75, 3.05) is 0 Å². The lowest BCUT2D eigenvalue weighted by Gasteiger charge is -2.11. The van der Waals surface area contributed by atoms with Crippen LogP contribution in [-0.2, 0) is 0 Å². The van der Waals surface area contributed by atoms with Crippen LogP contribution in [0.4, 0.5) is 0 Å². The molecule has 2 rings (SSSR count). The van der Waals surface area contributed by atoms with Crippen LogP contribution >= 0.6 is 0 Å². The Kier molecular flexibility index (Phi) is 1.13. The minimum absolute atomic E-state index is 0.546. The van der Waals surface area contributed by atoms with Crippen LogP contribution < -0.4 is 5.43 Å². The number of rotatable bonds is 0. The van der Waals surface area contributed by atoms with Gasteiger partial charge in [-0.1, -0.05) is 12.2 Å². The zero-order valence-corrected chi connectivity index (χ0v) is 5.96. The van der Waals surface area contributed by atoms with Crippen molar-refractivity contribution < 1.29 is 0 Å². The summed E-state index contributed by atoms with van der Waals surface area (Å²) in [4.78, 5) is 0. The van der Waals surface area contributed by atoms with Crippen LogP contribution in [0.15, 0.2) is 29.0 Å². The molecule has 2 heteroatoms. The Morgan fingerprint density at radius 3 is 3.40 bits per heavy atom. The van der Waals surface area contributed by atoms with Crippen LogP contribution in [0.25, 0.3) is 0 Å². The highest BCUT2D eigenvalue weighted by Crippen LogP contribution is 2.23. The van der Waals surface area contributed by atoms with Gasteiger partial charge in [-0.15, -0.1) is 0 Å². The first-order valence-electron chi connectivity index (χ1n) is 3.55. The maximum Gasteiger partial charge on any atom is 0.0444 e. The Morgan fingerprint density at radius 2 is 2.60 bits per heavy atom. The van der Waals surface area contributed by atoms with E-state index in [1.54, 1.807) is 0 Å². The summed E-state index contributed by atoms with van der Waals surface area (Å²) in [5.41, 5.74) is 5.46. The highest BCUT2D eigenvalue weighted by atomic mass is 15.3. The van der Waals surface area contributed by atoms with E-state index >= 15 is 0 Å². The monoisotopic (exact) mass is 134 g/mol. The van der Waals surface area contributed by atoms with Gasteiger partial charge in [-0.2, -0.15) is 5.10 Å². The van der Waals surface area contributed by atoms with Gasteiger partial charge >= 0.3 is 0 Å². The number of nitrogens with zero attached hydrogens (tertiary/aromatic N) is 1. The SMILES string of the molecule is CC1=NNC2=CC=CCC21. The number of allylic oxidation sites excluding steroid dienone is 4. The van der Waals surface area contributed by atoms with Gasteiger partial charge in [-0.3, -0.25) is 5.43 Å². The van der Waals surface area contributed by atoms with Gasteiger partial charge in [-0.05, 0) is 19.4 Å². The molecule has 0 aromatic carbocycles. The predicted octanol–water partition coefficient (Wildman–Crippen LogP) is 1.43. The van der Waals surface area contributed by atoms with Gasteiger partial charge in [0.1, 0.15) is 0 Å². The van der Waals surface area contributed by atoms with Crippen LogP contribution in [0, 0.1) is 5.92 Å². The maximum absolute atomic E-state index is 4.14. The van der Waals surface area contributed by atoms with E-state index in [-0.39, 0.29) is 0 Å². The van der Waals surface area contributed by atoms with Gasteiger partial charge in [0.25, 0.3) is 0 Å². The van der Waals surface area contributed by atoms with Gasteiger partial charge in [0, 0.05) is 17.3 Å². The zero-order chi connectivity index (χ0) is 6.97. The first kappa shape index (κ1) is 5.71. The fourth-order valence-corrected chi connectivity index (χ4v) is 1.37. The molecule has 1 N–H and O–H groups in total. The zero-order valence-electron chi connectivity index (χ0n) is 5.96. The topological polar surface area (TPSA) is 24.4 Å². The molecule has 0 amide bonds. The first-order valence-corrected chi connectivity index (χ1v) is 3.55. The summed E-state index contributed by atoms with van der Waals surface area (Å²) in [6.07, 6.45) is 7.45. The molecule has 52 valence electrons. The van der Waals surface area contributed by atoms with E-state index in [1.165, 1.54) is 11.4 Å². The Balaban J connectivity index is 2.30. The molecule has 2 nitrogen and oxygen atoms in total. The van der Waals surface area contributed by atoms with E-state index in [1.807, 2.05) is 0 Å². The lowest BCUT2D eigenvalue weighted by Crippen LogP contribution is -2.12. The molecule has 0 aromatic rings. The van der Waals surface area contributed by atoms with Crippen molar-refractivity contribution in [2.45, 2.75) is 13.3 Å². The lowest BCUT2D eigenvalue weighted by atomic mass is 9.94. The fraction of sp³-hybridized carbons (Fsp3) is 0.375. The molecule has 1 aliphatic heterocycles. The number of hydrazone groups is 1. The number of nitrogens with one attached hydrogen (secondary N) is 1. The molecule has 1 unspecified atom stereocenters. The van der Waals surface area contributed by atoms with Gasteiger partial charge in [0.2, 0.25) is 0 Å². The summed E-state index contributed by atoms with van der Waals surface area (Å²) >= 11 is 0.